The minimum Gasteiger partial charge on any atom is -0.466 e. The Balaban J connectivity index is 1.80. The summed E-state index contributed by atoms with van der Waals surface area (Å²) in [5, 5.41) is 0. The second kappa shape index (κ2) is 6.73. The summed E-state index contributed by atoms with van der Waals surface area (Å²) in [7, 11) is 0. The van der Waals surface area contributed by atoms with Gasteiger partial charge in [0.2, 0.25) is 5.91 Å². The van der Waals surface area contributed by atoms with Crippen LogP contribution in [-0.2, 0) is 14.3 Å². The van der Waals surface area contributed by atoms with Crippen LogP contribution in [0.15, 0.2) is 12.2 Å². The molecule has 4 heteroatoms. The summed E-state index contributed by atoms with van der Waals surface area (Å²) in [6, 6.07) is 0. The van der Waals surface area contributed by atoms with Crippen LogP contribution in [-0.4, -0.2) is 36.5 Å². The third-order valence-electron chi connectivity index (χ3n) is 4.04. The molecule has 4 nitrogen and oxygen atoms in total. The van der Waals surface area contributed by atoms with Crippen molar-refractivity contribution in [3.63, 3.8) is 0 Å². The van der Waals surface area contributed by atoms with Crippen molar-refractivity contribution in [2.24, 2.45) is 11.8 Å². The van der Waals surface area contributed by atoms with E-state index in [1.165, 1.54) is 0 Å². The lowest BCUT2D eigenvalue weighted by molar-refractivity contribution is -0.151. The number of carbonyl (C=O) groups excluding carboxylic acids is 2. The lowest BCUT2D eigenvalue weighted by atomic mass is 9.91. The molecule has 1 unspecified atom stereocenters. The number of rotatable bonds is 3. The van der Waals surface area contributed by atoms with Gasteiger partial charge in [-0.3, -0.25) is 9.59 Å². The monoisotopic (exact) mass is 265 g/mol. The molecule has 1 aliphatic heterocycles. The summed E-state index contributed by atoms with van der Waals surface area (Å²) < 4.78 is 5.04. The fourth-order valence-corrected chi connectivity index (χ4v) is 2.87. The van der Waals surface area contributed by atoms with Crippen molar-refractivity contribution in [3.05, 3.63) is 12.2 Å². The molecule has 2 rings (SSSR count). The topological polar surface area (TPSA) is 46.6 Å². The van der Waals surface area contributed by atoms with Gasteiger partial charge in [-0.25, -0.2) is 0 Å². The summed E-state index contributed by atoms with van der Waals surface area (Å²) in [5.41, 5.74) is 0. The van der Waals surface area contributed by atoms with Gasteiger partial charge < -0.3 is 9.64 Å². The Morgan fingerprint density at radius 1 is 1.16 bits per heavy atom. The van der Waals surface area contributed by atoms with Crippen LogP contribution in [0, 0.1) is 11.8 Å². The average Bonchev–Trinajstić information content (AvgIpc) is 2.48. The summed E-state index contributed by atoms with van der Waals surface area (Å²) in [5.74, 6) is 0.307. The molecular weight excluding hydrogens is 242 g/mol. The first kappa shape index (κ1) is 14.1. The van der Waals surface area contributed by atoms with Gasteiger partial charge in [0.15, 0.2) is 0 Å². The Bertz CT molecular complexity index is 356. The molecule has 0 N–H and O–H groups in total. The molecule has 0 aromatic heterocycles. The Hall–Kier alpha value is -1.32. The molecule has 1 saturated heterocycles. The average molecular weight is 265 g/mol. The van der Waals surface area contributed by atoms with E-state index in [1.54, 1.807) is 0 Å². The first-order chi connectivity index (χ1) is 9.22. The first-order valence-corrected chi connectivity index (χ1v) is 7.32. The third kappa shape index (κ3) is 3.58. The van der Waals surface area contributed by atoms with Gasteiger partial charge in [0.25, 0.3) is 0 Å². The van der Waals surface area contributed by atoms with Crippen molar-refractivity contribution in [1.29, 1.82) is 0 Å². The van der Waals surface area contributed by atoms with E-state index < -0.39 is 0 Å². The number of nitrogens with zero attached hydrogens (tertiary/aromatic N) is 1. The SMILES string of the molecule is CCOC(=O)C1CCN(C(=O)C2CC=CCC2)CC1. The zero-order valence-corrected chi connectivity index (χ0v) is 11.6. The van der Waals surface area contributed by atoms with Crippen molar-refractivity contribution < 1.29 is 14.3 Å². The molecule has 1 fully saturated rings. The number of piperidine rings is 1. The van der Waals surface area contributed by atoms with Gasteiger partial charge in [-0.15, -0.1) is 0 Å². The molecule has 1 atom stereocenters. The second-order valence-electron chi connectivity index (χ2n) is 5.33. The highest BCUT2D eigenvalue weighted by molar-refractivity contribution is 5.80. The van der Waals surface area contributed by atoms with Crippen molar-refractivity contribution in [3.8, 4) is 0 Å². The number of ether oxygens (including phenoxy) is 1. The van der Waals surface area contributed by atoms with Crippen molar-refractivity contribution in [1.82, 2.24) is 4.90 Å². The molecule has 0 aromatic carbocycles. The van der Waals surface area contributed by atoms with Crippen molar-refractivity contribution in [2.75, 3.05) is 19.7 Å². The largest absolute Gasteiger partial charge is 0.466 e. The normalized spacial score (nSPS) is 24.3. The summed E-state index contributed by atoms with van der Waals surface area (Å²) in [4.78, 5) is 25.9. The summed E-state index contributed by atoms with van der Waals surface area (Å²) in [6.07, 6.45) is 8.59. The number of likely N-dealkylation sites (tertiary alicyclic amines) is 1. The maximum atomic E-state index is 12.3. The summed E-state index contributed by atoms with van der Waals surface area (Å²) >= 11 is 0. The number of amides is 1. The molecule has 1 heterocycles. The zero-order chi connectivity index (χ0) is 13.7. The highest BCUT2D eigenvalue weighted by atomic mass is 16.5. The van der Waals surface area contributed by atoms with Gasteiger partial charge in [0.1, 0.15) is 0 Å². The predicted molar refractivity (Wildman–Crippen MR) is 72.4 cm³/mol. The molecule has 2 aliphatic rings. The van der Waals surface area contributed by atoms with Crippen LogP contribution in [0.5, 0.6) is 0 Å². The number of allylic oxidation sites excluding steroid dienone is 2. The van der Waals surface area contributed by atoms with Crippen molar-refractivity contribution in [2.45, 2.75) is 39.0 Å². The standard InChI is InChI=1S/C15H23NO3/c1-2-19-15(18)13-8-10-16(11-9-13)14(17)12-6-4-3-5-7-12/h3-4,12-13H,2,5-11H2,1H3. The van der Waals surface area contributed by atoms with E-state index in [2.05, 4.69) is 12.2 Å². The molecule has 0 aromatic rings. The van der Waals surface area contributed by atoms with Crippen LogP contribution in [0.2, 0.25) is 0 Å². The number of hydrogen-bond donors (Lipinski definition) is 0. The van der Waals surface area contributed by atoms with Gasteiger partial charge in [-0.1, -0.05) is 12.2 Å². The van der Waals surface area contributed by atoms with Gasteiger partial charge in [-0.2, -0.15) is 0 Å². The fraction of sp³-hybridized carbons (Fsp3) is 0.733. The van der Waals surface area contributed by atoms with E-state index in [4.69, 9.17) is 4.74 Å². The number of esters is 1. The van der Waals surface area contributed by atoms with Gasteiger partial charge in [-0.05, 0) is 39.0 Å². The highest BCUT2D eigenvalue weighted by Gasteiger charge is 2.31. The smallest absolute Gasteiger partial charge is 0.309 e. The lowest BCUT2D eigenvalue weighted by Gasteiger charge is -2.33. The van der Waals surface area contributed by atoms with E-state index in [9.17, 15) is 9.59 Å². The van der Waals surface area contributed by atoms with Crippen molar-refractivity contribution >= 4 is 11.9 Å². The Morgan fingerprint density at radius 3 is 2.47 bits per heavy atom. The van der Waals surface area contributed by atoms with Crippen LogP contribution < -0.4 is 0 Å². The Labute approximate surface area is 114 Å². The van der Waals surface area contributed by atoms with Gasteiger partial charge in [0.05, 0.1) is 12.5 Å². The molecular formula is C15H23NO3. The quantitative estimate of drug-likeness (QED) is 0.580. The Kier molecular flexibility index (Phi) is 5.00. The minimum atomic E-state index is -0.102. The lowest BCUT2D eigenvalue weighted by Crippen LogP contribution is -2.43. The van der Waals surface area contributed by atoms with Crippen LogP contribution in [0.3, 0.4) is 0 Å². The van der Waals surface area contributed by atoms with Crippen LogP contribution in [0.1, 0.15) is 39.0 Å². The number of carbonyl (C=O) groups is 2. The van der Waals surface area contributed by atoms with E-state index in [0.717, 1.165) is 32.1 Å². The minimum absolute atomic E-state index is 0.0183. The first-order valence-electron chi connectivity index (χ1n) is 7.32. The van der Waals surface area contributed by atoms with E-state index >= 15 is 0 Å². The summed E-state index contributed by atoms with van der Waals surface area (Å²) in [6.45, 7) is 3.66. The van der Waals surface area contributed by atoms with Crippen LogP contribution in [0.4, 0.5) is 0 Å². The molecule has 1 aliphatic carbocycles. The Morgan fingerprint density at radius 2 is 1.89 bits per heavy atom. The fourth-order valence-electron chi connectivity index (χ4n) is 2.87. The molecule has 1 amide bonds. The molecule has 19 heavy (non-hydrogen) atoms. The number of hydrogen-bond acceptors (Lipinski definition) is 3. The second-order valence-corrected chi connectivity index (χ2v) is 5.33. The van der Waals surface area contributed by atoms with Crippen LogP contribution in [0.25, 0.3) is 0 Å². The molecule has 106 valence electrons. The highest BCUT2D eigenvalue weighted by Crippen LogP contribution is 2.24. The van der Waals surface area contributed by atoms with E-state index in [0.29, 0.717) is 19.7 Å². The molecule has 0 saturated carbocycles. The van der Waals surface area contributed by atoms with E-state index in [-0.39, 0.29) is 23.7 Å². The van der Waals surface area contributed by atoms with Gasteiger partial charge in [0, 0.05) is 19.0 Å². The van der Waals surface area contributed by atoms with Crippen LogP contribution >= 0.6 is 0 Å². The molecule has 0 spiro atoms. The predicted octanol–water partition coefficient (Wildman–Crippen LogP) is 2.14. The molecule has 0 bridgehead atoms. The molecule has 0 radical (unpaired) electrons. The maximum Gasteiger partial charge on any atom is 0.309 e. The van der Waals surface area contributed by atoms with E-state index in [1.807, 2.05) is 11.8 Å². The van der Waals surface area contributed by atoms with Gasteiger partial charge >= 0.3 is 5.97 Å². The maximum absolute atomic E-state index is 12.3. The third-order valence-corrected chi connectivity index (χ3v) is 4.04. The zero-order valence-electron chi connectivity index (χ0n) is 11.6.